The highest BCUT2D eigenvalue weighted by molar-refractivity contribution is 14.1. The molecule has 1 fully saturated rings. The highest BCUT2D eigenvalue weighted by Gasteiger charge is 2.33. The van der Waals surface area contributed by atoms with Crippen molar-refractivity contribution in [1.82, 2.24) is 10.2 Å². The van der Waals surface area contributed by atoms with Crippen LogP contribution in [0.1, 0.15) is 16.7 Å². The topological polar surface area (TPSA) is 58.6 Å². The molecule has 0 aliphatic carbocycles. The maximum Gasteiger partial charge on any atom is 0.329 e. The molecular weight excluding hydrogens is 745 g/mol. The minimum absolute atomic E-state index is 0.239. The van der Waals surface area contributed by atoms with Gasteiger partial charge in [0.15, 0.2) is 0 Å². The molecule has 0 atom stereocenters. The molecule has 0 saturated carbocycles. The Labute approximate surface area is 227 Å². The zero-order chi connectivity index (χ0) is 22.7. The molecule has 162 valence electrons. The van der Waals surface area contributed by atoms with Gasteiger partial charge in [0, 0.05) is 3.57 Å². The largest absolute Gasteiger partial charge is 0.487 e. The van der Waals surface area contributed by atoms with Crippen molar-refractivity contribution in [2.75, 3.05) is 0 Å². The van der Waals surface area contributed by atoms with E-state index in [1.54, 1.807) is 6.08 Å². The van der Waals surface area contributed by atoms with Crippen molar-refractivity contribution in [2.24, 2.45) is 0 Å². The summed E-state index contributed by atoms with van der Waals surface area (Å²) in [5, 5.41) is 2.69. The number of rotatable bonds is 6. The Morgan fingerprint density at radius 3 is 2.19 bits per heavy atom. The molecule has 1 aliphatic rings. The molecule has 3 amide bonds. The predicted octanol–water partition coefficient (Wildman–Crippen LogP) is 6.17. The summed E-state index contributed by atoms with van der Waals surface area (Å²) in [7, 11) is 0. The van der Waals surface area contributed by atoms with Gasteiger partial charge in [-0.2, -0.15) is 0 Å². The van der Waals surface area contributed by atoms with Crippen molar-refractivity contribution in [2.45, 2.75) is 13.2 Å². The number of amides is 3. The number of halogens is 3. The van der Waals surface area contributed by atoms with Crippen LogP contribution < -0.4 is 10.1 Å². The molecule has 0 spiro atoms. The maximum absolute atomic E-state index is 12.8. The molecule has 32 heavy (non-hydrogen) atoms. The first kappa shape index (κ1) is 23.5. The third kappa shape index (κ3) is 5.63. The van der Waals surface area contributed by atoms with Crippen LogP contribution in [-0.2, 0) is 17.9 Å². The number of carbonyl (C=O) groups is 2. The van der Waals surface area contributed by atoms with Gasteiger partial charge in [-0.15, -0.1) is 0 Å². The summed E-state index contributed by atoms with van der Waals surface area (Å²) in [5.41, 5.74) is 3.09. The fourth-order valence-electron chi connectivity index (χ4n) is 3.18. The second kappa shape index (κ2) is 10.5. The summed E-state index contributed by atoms with van der Waals surface area (Å²) in [6, 6.07) is 21.1. The minimum Gasteiger partial charge on any atom is -0.487 e. The SMILES string of the molecule is O=C1N/C(=C/c2cc(I)c(OCc3ccc(I)cc3)c(I)c2)C(=O)N1Cc1ccccc1. The summed E-state index contributed by atoms with van der Waals surface area (Å²) in [4.78, 5) is 26.4. The summed E-state index contributed by atoms with van der Waals surface area (Å²) in [6.07, 6.45) is 1.71. The fourth-order valence-corrected chi connectivity index (χ4v) is 5.67. The van der Waals surface area contributed by atoms with E-state index in [1.165, 1.54) is 8.47 Å². The monoisotopic (exact) mass is 762 g/mol. The molecule has 8 heteroatoms. The molecule has 1 aliphatic heterocycles. The lowest BCUT2D eigenvalue weighted by Gasteiger charge is -2.12. The van der Waals surface area contributed by atoms with Gasteiger partial charge in [0.1, 0.15) is 18.1 Å². The maximum atomic E-state index is 12.8. The van der Waals surface area contributed by atoms with Crippen LogP contribution in [0, 0.1) is 10.7 Å². The van der Waals surface area contributed by atoms with Crippen molar-refractivity contribution in [3.05, 3.63) is 99.8 Å². The highest BCUT2D eigenvalue weighted by atomic mass is 127. The summed E-state index contributed by atoms with van der Waals surface area (Å²) in [5.74, 6) is 0.474. The lowest BCUT2D eigenvalue weighted by atomic mass is 10.1. The number of benzene rings is 3. The Hall–Kier alpha value is -1.67. The van der Waals surface area contributed by atoms with Gasteiger partial charge in [-0.25, -0.2) is 4.79 Å². The van der Waals surface area contributed by atoms with E-state index in [-0.39, 0.29) is 18.1 Å². The van der Waals surface area contributed by atoms with E-state index in [0.717, 1.165) is 29.6 Å². The molecule has 4 rings (SSSR count). The first-order chi connectivity index (χ1) is 15.4. The van der Waals surface area contributed by atoms with Gasteiger partial charge in [-0.1, -0.05) is 42.5 Å². The van der Waals surface area contributed by atoms with E-state index < -0.39 is 6.03 Å². The average molecular weight is 762 g/mol. The van der Waals surface area contributed by atoms with Crippen LogP contribution in [0.4, 0.5) is 4.79 Å². The number of carbonyl (C=O) groups excluding carboxylic acids is 2. The molecule has 3 aromatic rings. The van der Waals surface area contributed by atoms with Gasteiger partial charge in [0.2, 0.25) is 0 Å². The van der Waals surface area contributed by atoms with Gasteiger partial charge in [-0.05, 0) is 115 Å². The lowest BCUT2D eigenvalue weighted by molar-refractivity contribution is -0.123. The molecule has 1 saturated heterocycles. The molecule has 3 aromatic carbocycles. The Kier molecular flexibility index (Phi) is 7.71. The normalized spacial score (nSPS) is 14.7. The van der Waals surface area contributed by atoms with E-state index in [2.05, 4.69) is 97.4 Å². The van der Waals surface area contributed by atoms with Gasteiger partial charge >= 0.3 is 6.03 Å². The second-order valence-electron chi connectivity index (χ2n) is 7.09. The van der Waals surface area contributed by atoms with Crippen molar-refractivity contribution < 1.29 is 14.3 Å². The number of urea groups is 1. The van der Waals surface area contributed by atoms with Crippen molar-refractivity contribution >= 4 is 85.8 Å². The molecule has 0 radical (unpaired) electrons. The zero-order valence-corrected chi connectivity index (χ0v) is 23.1. The minimum atomic E-state index is -0.410. The number of hydrogen-bond acceptors (Lipinski definition) is 3. The number of nitrogens with zero attached hydrogens (tertiary/aromatic N) is 1. The predicted molar refractivity (Wildman–Crippen MR) is 149 cm³/mol. The lowest BCUT2D eigenvalue weighted by Crippen LogP contribution is -2.30. The summed E-state index contributed by atoms with van der Waals surface area (Å²) >= 11 is 6.74. The van der Waals surface area contributed by atoms with Crippen LogP contribution in [0.25, 0.3) is 6.08 Å². The van der Waals surface area contributed by atoms with Crippen molar-refractivity contribution in [3.8, 4) is 5.75 Å². The summed E-state index contributed by atoms with van der Waals surface area (Å²) in [6.45, 7) is 0.718. The second-order valence-corrected chi connectivity index (χ2v) is 10.7. The molecule has 0 aromatic heterocycles. The number of hydrogen-bond donors (Lipinski definition) is 1. The molecule has 0 bridgehead atoms. The van der Waals surface area contributed by atoms with E-state index in [9.17, 15) is 9.59 Å². The van der Waals surface area contributed by atoms with Crippen molar-refractivity contribution in [1.29, 1.82) is 0 Å². The Balaban J connectivity index is 1.49. The smallest absolute Gasteiger partial charge is 0.329 e. The van der Waals surface area contributed by atoms with Gasteiger partial charge in [0.05, 0.1) is 13.7 Å². The van der Waals surface area contributed by atoms with Crippen molar-refractivity contribution in [3.63, 3.8) is 0 Å². The third-order valence-electron chi connectivity index (χ3n) is 4.77. The van der Waals surface area contributed by atoms with Gasteiger partial charge < -0.3 is 10.1 Å². The quantitative estimate of drug-likeness (QED) is 0.186. The van der Waals surface area contributed by atoms with Crippen LogP contribution in [0.15, 0.2) is 72.4 Å². The average Bonchev–Trinajstić information content (AvgIpc) is 3.02. The first-order valence-electron chi connectivity index (χ1n) is 9.65. The van der Waals surface area contributed by atoms with E-state index in [4.69, 9.17) is 4.74 Å². The van der Waals surface area contributed by atoms with E-state index >= 15 is 0 Å². The molecular formula is C24H17I3N2O3. The van der Waals surface area contributed by atoms with Crippen LogP contribution in [-0.4, -0.2) is 16.8 Å². The number of imide groups is 1. The summed E-state index contributed by atoms with van der Waals surface area (Å²) < 4.78 is 9.11. The number of nitrogens with one attached hydrogen (secondary N) is 1. The Morgan fingerprint density at radius 1 is 0.875 bits per heavy atom. The van der Waals surface area contributed by atoms with Crippen LogP contribution in [0.2, 0.25) is 0 Å². The van der Waals surface area contributed by atoms with Gasteiger partial charge in [0.25, 0.3) is 5.91 Å². The molecule has 0 unspecified atom stereocenters. The van der Waals surface area contributed by atoms with Crippen LogP contribution >= 0.6 is 67.8 Å². The highest BCUT2D eigenvalue weighted by Crippen LogP contribution is 2.31. The van der Waals surface area contributed by atoms with Gasteiger partial charge in [-0.3, -0.25) is 9.69 Å². The van der Waals surface area contributed by atoms with E-state index in [0.29, 0.717) is 6.61 Å². The Bertz CT molecular complexity index is 1170. The molecule has 1 heterocycles. The standard InChI is InChI=1S/C24H17I3N2O3/c25-18-8-6-16(7-9-18)14-32-22-19(26)10-17(11-20(22)27)12-21-23(30)29(24(31)28-21)13-15-4-2-1-3-5-15/h1-12H,13-14H2,(H,28,31)/b21-12+. The number of ether oxygens (including phenoxy) is 1. The van der Waals surface area contributed by atoms with E-state index in [1.807, 2.05) is 42.5 Å². The van der Waals surface area contributed by atoms with Crippen LogP contribution in [0.3, 0.4) is 0 Å². The molecule has 5 nitrogen and oxygen atoms in total. The van der Waals surface area contributed by atoms with Crippen LogP contribution in [0.5, 0.6) is 5.75 Å². The fraction of sp³-hybridized carbons (Fsp3) is 0.0833. The zero-order valence-electron chi connectivity index (χ0n) is 16.6. The first-order valence-corrected chi connectivity index (χ1v) is 12.9. The Morgan fingerprint density at radius 2 is 1.53 bits per heavy atom. The molecule has 1 N–H and O–H groups in total. The third-order valence-corrected chi connectivity index (χ3v) is 7.10.